The Hall–Kier alpha value is -2.39. The third kappa shape index (κ3) is 6.49. The number of amides is 2. The maximum absolute atomic E-state index is 12.1. The van der Waals surface area contributed by atoms with Gasteiger partial charge in [-0.25, -0.2) is 0 Å². The van der Waals surface area contributed by atoms with Crippen molar-refractivity contribution in [2.75, 3.05) is 31.5 Å². The molecule has 0 saturated carbocycles. The topological polar surface area (TPSA) is 85.2 Å². The number of likely N-dealkylation sites (N-methyl/N-ethyl adjacent to an activating group) is 1. The lowest BCUT2D eigenvalue weighted by Gasteiger charge is -2.20. The summed E-state index contributed by atoms with van der Waals surface area (Å²) < 4.78 is 0. The quantitative estimate of drug-likeness (QED) is 0.766. The zero-order valence-electron chi connectivity index (χ0n) is 13.9. The van der Waals surface area contributed by atoms with Gasteiger partial charge in [0.15, 0.2) is 0 Å². The highest BCUT2D eigenvalue weighted by Crippen LogP contribution is 2.11. The van der Waals surface area contributed by atoms with Gasteiger partial charge in [-0.2, -0.15) is 5.26 Å². The summed E-state index contributed by atoms with van der Waals surface area (Å²) in [7, 11) is 0. The fraction of sp³-hybridized carbons (Fsp3) is 0.471. The molecular weight excluding hydrogens is 292 g/mol. The maximum atomic E-state index is 12.1. The number of hydrogen-bond donors (Lipinski definition) is 2. The predicted molar refractivity (Wildman–Crippen MR) is 90.0 cm³/mol. The molecule has 1 rings (SSSR count). The molecule has 1 atom stereocenters. The first kappa shape index (κ1) is 18.7. The smallest absolute Gasteiger partial charge is 0.251 e. The number of nitrogens with one attached hydrogen (secondary N) is 2. The van der Waals surface area contributed by atoms with E-state index in [4.69, 9.17) is 5.26 Å². The molecule has 6 nitrogen and oxygen atoms in total. The van der Waals surface area contributed by atoms with E-state index >= 15 is 0 Å². The largest absolute Gasteiger partial charge is 0.352 e. The van der Waals surface area contributed by atoms with Crippen molar-refractivity contribution < 1.29 is 9.59 Å². The number of nitrogens with zero attached hydrogens (tertiary/aromatic N) is 2. The van der Waals surface area contributed by atoms with Crippen molar-refractivity contribution in [3.63, 3.8) is 0 Å². The van der Waals surface area contributed by atoms with Gasteiger partial charge in [0.25, 0.3) is 5.91 Å². The SMILES string of the molecule is CCNC(=O)c1cccc(NC(=O)CN(CC)C[C@@H](C)C#N)c1. The first-order valence-corrected chi connectivity index (χ1v) is 7.80. The Morgan fingerprint density at radius 1 is 1.35 bits per heavy atom. The lowest BCUT2D eigenvalue weighted by atomic mass is 10.2. The van der Waals surface area contributed by atoms with Gasteiger partial charge in [-0.1, -0.05) is 13.0 Å². The highest BCUT2D eigenvalue weighted by atomic mass is 16.2. The van der Waals surface area contributed by atoms with Gasteiger partial charge in [-0.15, -0.1) is 0 Å². The van der Waals surface area contributed by atoms with Crippen molar-refractivity contribution >= 4 is 17.5 Å². The average Bonchev–Trinajstić information content (AvgIpc) is 2.54. The molecule has 0 aromatic heterocycles. The summed E-state index contributed by atoms with van der Waals surface area (Å²) >= 11 is 0. The first-order valence-electron chi connectivity index (χ1n) is 7.80. The summed E-state index contributed by atoms with van der Waals surface area (Å²) in [6.07, 6.45) is 0. The lowest BCUT2D eigenvalue weighted by Crippen LogP contribution is -2.35. The number of nitriles is 1. The fourth-order valence-corrected chi connectivity index (χ4v) is 2.14. The van der Waals surface area contributed by atoms with Gasteiger partial charge >= 0.3 is 0 Å². The molecule has 0 fully saturated rings. The zero-order chi connectivity index (χ0) is 17.2. The molecule has 1 aromatic carbocycles. The molecule has 0 aliphatic carbocycles. The second-order valence-corrected chi connectivity index (χ2v) is 5.35. The second kappa shape index (κ2) is 9.59. The molecule has 2 amide bonds. The van der Waals surface area contributed by atoms with E-state index in [1.165, 1.54) is 0 Å². The molecule has 0 unspecified atom stereocenters. The second-order valence-electron chi connectivity index (χ2n) is 5.35. The number of rotatable bonds is 8. The normalized spacial score (nSPS) is 11.6. The van der Waals surface area contributed by atoms with Crippen LogP contribution < -0.4 is 10.6 Å². The fourth-order valence-electron chi connectivity index (χ4n) is 2.14. The van der Waals surface area contributed by atoms with E-state index < -0.39 is 0 Å². The first-order chi connectivity index (χ1) is 11.0. The molecule has 0 bridgehead atoms. The highest BCUT2D eigenvalue weighted by molar-refractivity contribution is 5.97. The van der Waals surface area contributed by atoms with Gasteiger partial charge in [-0.3, -0.25) is 14.5 Å². The van der Waals surface area contributed by atoms with Crippen LogP contribution in [0.5, 0.6) is 0 Å². The van der Waals surface area contributed by atoms with Crippen LogP contribution in [0.1, 0.15) is 31.1 Å². The van der Waals surface area contributed by atoms with E-state index in [0.29, 0.717) is 30.9 Å². The van der Waals surface area contributed by atoms with Crippen molar-refractivity contribution in [3.8, 4) is 6.07 Å². The summed E-state index contributed by atoms with van der Waals surface area (Å²) in [5, 5.41) is 14.4. The van der Waals surface area contributed by atoms with Crippen LogP contribution in [0.4, 0.5) is 5.69 Å². The van der Waals surface area contributed by atoms with Gasteiger partial charge < -0.3 is 10.6 Å². The van der Waals surface area contributed by atoms with E-state index in [-0.39, 0.29) is 24.3 Å². The molecule has 0 radical (unpaired) electrons. The number of anilines is 1. The molecule has 124 valence electrons. The number of benzene rings is 1. The average molecular weight is 316 g/mol. The summed E-state index contributed by atoms with van der Waals surface area (Å²) in [6, 6.07) is 9.00. The van der Waals surface area contributed by atoms with Gasteiger partial charge in [0.2, 0.25) is 5.91 Å². The minimum atomic E-state index is -0.165. The summed E-state index contributed by atoms with van der Waals surface area (Å²) in [4.78, 5) is 25.8. The van der Waals surface area contributed by atoms with Gasteiger partial charge in [0, 0.05) is 24.3 Å². The Labute approximate surface area is 137 Å². The Balaban J connectivity index is 2.65. The van der Waals surface area contributed by atoms with Gasteiger partial charge in [0.1, 0.15) is 0 Å². The van der Waals surface area contributed by atoms with Crippen LogP contribution in [0.2, 0.25) is 0 Å². The van der Waals surface area contributed by atoms with Crippen LogP contribution in [0.25, 0.3) is 0 Å². The molecule has 6 heteroatoms. The molecule has 0 saturated heterocycles. The maximum Gasteiger partial charge on any atom is 0.251 e. The zero-order valence-corrected chi connectivity index (χ0v) is 13.9. The number of hydrogen-bond acceptors (Lipinski definition) is 4. The number of carbonyl (C=O) groups is 2. The van der Waals surface area contributed by atoms with E-state index in [0.717, 1.165) is 0 Å². The van der Waals surface area contributed by atoms with Crippen molar-refractivity contribution in [1.82, 2.24) is 10.2 Å². The van der Waals surface area contributed by atoms with E-state index in [1.807, 2.05) is 25.7 Å². The van der Waals surface area contributed by atoms with Crippen LogP contribution in [0.3, 0.4) is 0 Å². The predicted octanol–water partition coefficient (Wildman–Crippen LogP) is 1.86. The molecule has 0 heterocycles. The summed E-state index contributed by atoms with van der Waals surface area (Å²) in [5.74, 6) is -0.449. The Morgan fingerprint density at radius 3 is 2.70 bits per heavy atom. The van der Waals surface area contributed by atoms with E-state index in [1.54, 1.807) is 24.3 Å². The summed E-state index contributed by atoms with van der Waals surface area (Å²) in [5.41, 5.74) is 1.10. The van der Waals surface area contributed by atoms with Crippen molar-refractivity contribution in [3.05, 3.63) is 29.8 Å². The number of carbonyl (C=O) groups excluding carboxylic acids is 2. The van der Waals surface area contributed by atoms with Crippen molar-refractivity contribution in [2.45, 2.75) is 20.8 Å². The molecule has 23 heavy (non-hydrogen) atoms. The van der Waals surface area contributed by atoms with Crippen LogP contribution >= 0.6 is 0 Å². The van der Waals surface area contributed by atoms with Crippen molar-refractivity contribution in [1.29, 1.82) is 5.26 Å². The molecule has 0 spiro atoms. The van der Waals surface area contributed by atoms with Crippen LogP contribution in [-0.2, 0) is 4.79 Å². The van der Waals surface area contributed by atoms with E-state index in [2.05, 4.69) is 16.7 Å². The highest BCUT2D eigenvalue weighted by Gasteiger charge is 2.13. The molecule has 0 aliphatic heterocycles. The monoisotopic (exact) mass is 316 g/mol. The Morgan fingerprint density at radius 2 is 2.09 bits per heavy atom. The van der Waals surface area contributed by atoms with Crippen LogP contribution in [0, 0.1) is 17.2 Å². The Kier molecular flexibility index (Phi) is 7.78. The summed E-state index contributed by atoms with van der Waals surface area (Å²) in [6.45, 7) is 7.65. The van der Waals surface area contributed by atoms with E-state index in [9.17, 15) is 9.59 Å². The molecule has 1 aromatic rings. The van der Waals surface area contributed by atoms with Gasteiger partial charge in [0.05, 0.1) is 18.5 Å². The van der Waals surface area contributed by atoms with Crippen LogP contribution in [-0.4, -0.2) is 42.9 Å². The van der Waals surface area contributed by atoms with Crippen molar-refractivity contribution in [2.24, 2.45) is 5.92 Å². The van der Waals surface area contributed by atoms with Gasteiger partial charge in [-0.05, 0) is 38.6 Å². The Bertz CT molecular complexity index is 580. The minimum absolute atomic E-state index is 0.121. The molecule has 0 aliphatic rings. The minimum Gasteiger partial charge on any atom is -0.352 e. The standard InChI is InChI=1S/C17H24N4O2/c1-4-19-17(23)14-7-6-8-15(9-14)20-16(22)12-21(5-2)11-13(3)10-18/h6-9,13H,4-5,11-12H2,1-3H3,(H,19,23)(H,20,22)/t13-/m0/s1. The molecular formula is C17H24N4O2. The third-order valence-electron chi connectivity index (χ3n) is 3.31. The molecule has 2 N–H and O–H groups in total. The lowest BCUT2D eigenvalue weighted by molar-refractivity contribution is -0.117. The van der Waals surface area contributed by atoms with Crippen LogP contribution in [0.15, 0.2) is 24.3 Å². The third-order valence-corrected chi connectivity index (χ3v) is 3.31.